The summed E-state index contributed by atoms with van der Waals surface area (Å²) >= 11 is 1.78. The third kappa shape index (κ3) is 2.78. The van der Waals surface area contributed by atoms with E-state index < -0.39 is 0 Å². The molecule has 0 bridgehead atoms. The Morgan fingerprint density at radius 2 is 1.42 bits per heavy atom. The molecular weight excluding hydrogens is 462 g/mol. The van der Waals surface area contributed by atoms with Crippen LogP contribution >= 0.6 is 11.3 Å². The number of furan rings is 1. The Balaban J connectivity index is 1.53. The number of pyridine rings is 1. The van der Waals surface area contributed by atoms with Gasteiger partial charge in [0.15, 0.2) is 11.4 Å². The van der Waals surface area contributed by atoms with E-state index in [0.717, 1.165) is 49.5 Å². The lowest BCUT2D eigenvalue weighted by molar-refractivity contribution is 0.671. The number of benzene rings is 4. The molecule has 0 atom stereocenters. The Bertz CT molecular complexity index is 2100. The quantitative estimate of drug-likeness (QED) is 0.249. The Morgan fingerprint density at radius 1 is 0.611 bits per heavy atom. The lowest BCUT2D eigenvalue weighted by Crippen LogP contribution is -1.95. The van der Waals surface area contributed by atoms with Gasteiger partial charge in [-0.15, -0.1) is 11.3 Å². The lowest BCUT2D eigenvalue weighted by atomic mass is 10.1. The summed E-state index contributed by atoms with van der Waals surface area (Å²) in [6.45, 7) is 0. The summed E-state index contributed by atoms with van der Waals surface area (Å²) in [7, 11) is 0. The van der Waals surface area contributed by atoms with Crippen molar-refractivity contribution in [3.05, 3.63) is 103 Å². The molecule has 5 heteroatoms. The number of fused-ring (bicyclic) bond motifs is 8. The van der Waals surface area contributed by atoms with Crippen LogP contribution in [0.4, 0.5) is 0 Å². The maximum Gasteiger partial charge on any atom is 0.180 e. The van der Waals surface area contributed by atoms with E-state index in [2.05, 4.69) is 65.6 Å². The SMILES string of the molecule is c1ccc(-c2nc(-c3cncc4ccccc34)nc3c2oc2c3ccc3sc4ccccc4c32)cc1. The van der Waals surface area contributed by atoms with E-state index in [1.807, 2.05) is 42.7 Å². The summed E-state index contributed by atoms with van der Waals surface area (Å²) in [6, 6.07) is 31.2. The summed E-state index contributed by atoms with van der Waals surface area (Å²) in [4.78, 5) is 14.7. The summed E-state index contributed by atoms with van der Waals surface area (Å²) in [6.07, 6.45) is 3.73. The maximum atomic E-state index is 6.66. The average Bonchev–Trinajstić information content (AvgIpc) is 3.51. The van der Waals surface area contributed by atoms with Crippen LogP contribution in [0.2, 0.25) is 0 Å². The van der Waals surface area contributed by atoms with Gasteiger partial charge in [0.05, 0.1) is 0 Å². The van der Waals surface area contributed by atoms with Gasteiger partial charge in [0, 0.05) is 54.5 Å². The summed E-state index contributed by atoms with van der Waals surface area (Å²) < 4.78 is 9.11. The van der Waals surface area contributed by atoms with Gasteiger partial charge in [-0.1, -0.05) is 72.8 Å². The van der Waals surface area contributed by atoms with E-state index in [1.54, 1.807) is 11.3 Å². The molecule has 0 radical (unpaired) electrons. The predicted octanol–water partition coefficient (Wildman–Crippen LogP) is 8.63. The highest BCUT2D eigenvalue weighted by molar-refractivity contribution is 7.26. The second kappa shape index (κ2) is 7.44. The second-order valence-electron chi connectivity index (χ2n) is 8.86. The summed E-state index contributed by atoms with van der Waals surface area (Å²) in [5.74, 6) is 0.642. The number of nitrogens with zero attached hydrogens (tertiary/aromatic N) is 3. The molecule has 4 heterocycles. The van der Waals surface area contributed by atoms with Crippen LogP contribution in [0.1, 0.15) is 0 Å². The van der Waals surface area contributed by atoms with Crippen molar-refractivity contribution < 1.29 is 4.42 Å². The minimum absolute atomic E-state index is 0.642. The van der Waals surface area contributed by atoms with E-state index in [4.69, 9.17) is 14.4 Å². The predicted molar refractivity (Wildman–Crippen MR) is 148 cm³/mol. The fraction of sp³-hybridized carbons (Fsp3) is 0. The van der Waals surface area contributed by atoms with Crippen LogP contribution < -0.4 is 0 Å². The van der Waals surface area contributed by atoms with E-state index in [1.165, 1.54) is 14.8 Å². The first kappa shape index (κ1) is 19.7. The molecule has 0 aliphatic heterocycles. The largest absolute Gasteiger partial charge is 0.451 e. The van der Waals surface area contributed by atoms with Crippen LogP contribution in [-0.4, -0.2) is 15.0 Å². The van der Waals surface area contributed by atoms with Crippen molar-refractivity contribution in [1.82, 2.24) is 15.0 Å². The maximum absolute atomic E-state index is 6.66. The van der Waals surface area contributed by atoms with Gasteiger partial charge in [-0.2, -0.15) is 0 Å². The molecule has 0 aliphatic carbocycles. The van der Waals surface area contributed by atoms with Gasteiger partial charge < -0.3 is 4.42 Å². The van der Waals surface area contributed by atoms with Gasteiger partial charge >= 0.3 is 0 Å². The molecule has 0 spiro atoms. The number of thiophene rings is 1. The highest BCUT2D eigenvalue weighted by Crippen LogP contribution is 2.43. The first-order valence-corrected chi connectivity index (χ1v) is 12.6. The highest BCUT2D eigenvalue weighted by Gasteiger charge is 2.21. The van der Waals surface area contributed by atoms with Crippen molar-refractivity contribution in [2.24, 2.45) is 0 Å². The zero-order valence-corrected chi connectivity index (χ0v) is 19.8. The van der Waals surface area contributed by atoms with E-state index in [-0.39, 0.29) is 0 Å². The van der Waals surface area contributed by atoms with Gasteiger partial charge in [0.2, 0.25) is 0 Å². The number of rotatable bonds is 2. The molecular formula is C31H17N3OS. The zero-order valence-electron chi connectivity index (χ0n) is 19.0. The first-order chi connectivity index (χ1) is 17.8. The number of aromatic nitrogens is 3. The van der Waals surface area contributed by atoms with Gasteiger partial charge in [-0.3, -0.25) is 4.98 Å². The Labute approximate surface area is 209 Å². The molecule has 0 saturated carbocycles. The molecule has 0 fully saturated rings. The zero-order chi connectivity index (χ0) is 23.6. The highest BCUT2D eigenvalue weighted by atomic mass is 32.1. The fourth-order valence-electron chi connectivity index (χ4n) is 5.12. The Hall–Kier alpha value is -4.61. The normalized spacial score (nSPS) is 11.9. The monoisotopic (exact) mass is 479 g/mol. The summed E-state index contributed by atoms with van der Waals surface area (Å²) in [5.41, 5.74) is 5.07. The molecule has 168 valence electrons. The summed E-state index contributed by atoms with van der Waals surface area (Å²) in [5, 5.41) is 5.47. The van der Waals surface area contributed by atoms with E-state index >= 15 is 0 Å². The number of hydrogen-bond acceptors (Lipinski definition) is 5. The van der Waals surface area contributed by atoms with Gasteiger partial charge in [-0.25, -0.2) is 9.97 Å². The molecule has 0 N–H and O–H groups in total. The molecule has 8 aromatic rings. The first-order valence-electron chi connectivity index (χ1n) is 11.8. The molecule has 0 aliphatic rings. The third-order valence-corrected chi connectivity index (χ3v) is 7.91. The second-order valence-corrected chi connectivity index (χ2v) is 9.95. The Morgan fingerprint density at radius 3 is 2.33 bits per heavy atom. The molecule has 4 nitrogen and oxygen atoms in total. The van der Waals surface area contributed by atoms with E-state index in [9.17, 15) is 0 Å². The van der Waals surface area contributed by atoms with Crippen molar-refractivity contribution in [2.75, 3.05) is 0 Å². The molecule has 4 aromatic carbocycles. The van der Waals surface area contributed by atoms with Crippen LogP contribution in [0.25, 0.3) is 75.7 Å². The van der Waals surface area contributed by atoms with Crippen molar-refractivity contribution in [3.8, 4) is 22.6 Å². The van der Waals surface area contributed by atoms with Crippen molar-refractivity contribution in [3.63, 3.8) is 0 Å². The molecule has 0 amide bonds. The van der Waals surface area contributed by atoms with Crippen LogP contribution in [0, 0.1) is 0 Å². The molecule has 8 rings (SSSR count). The van der Waals surface area contributed by atoms with Gasteiger partial charge in [0.1, 0.15) is 16.8 Å². The van der Waals surface area contributed by atoms with Crippen molar-refractivity contribution in [1.29, 1.82) is 0 Å². The number of hydrogen-bond donors (Lipinski definition) is 0. The van der Waals surface area contributed by atoms with Crippen molar-refractivity contribution in [2.45, 2.75) is 0 Å². The van der Waals surface area contributed by atoms with Crippen LogP contribution in [-0.2, 0) is 0 Å². The minimum atomic E-state index is 0.642. The lowest BCUT2D eigenvalue weighted by Gasteiger charge is -2.08. The smallest absolute Gasteiger partial charge is 0.180 e. The molecule has 0 unspecified atom stereocenters. The standard InChI is InChI=1S/C31H17N3OS/c1-2-8-18(9-3-1)27-30-28(34-31(33-27)23-17-32-16-19-10-4-5-11-20(19)23)22-14-15-25-26(29(22)35-30)21-12-6-7-13-24(21)36-25/h1-17H. The Kier molecular flexibility index (Phi) is 4.07. The van der Waals surface area contributed by atoms with E-state index in [0.29, 0.717) is 11.4 Å². The molecule has 36 heavy (non-hydrogen) atoms. The van der Waals surface area contributed by atoms with Gasteiger partial charge in [-0.05, 0) is 23.6 Å². The topological polar surface area (TPSA) is 51.8 Å². The third-order valence-electron chi connectivity index (χ3n) is 6.78. The fourth-order valence-corrected chi connectivity index (χ4v) is 6.22. The average molecular weight is 480 g/mol. The minimum Gasteiger partial charge on any atom is -0.451 e. The van der Waals surface area contributed by atoms with Crippen LogP contribution in [0.5, 0.6) is 0 Å². The van der Waals surface area contributed by atoms with Crippen molar-refractivity contribution >= 4 is 64.4 Å². The van der Waals surface area contributed by atoms with Crippen LogP contribution in [0.15, 0.2) is 108 Å². The van der Waals surface area contributed by atoms with Crippen LogP contribution in [0.3, 0.4) is 0 Å². The molecule has 0 saturated heterocycles. The molecule has 4 aromatic heterocycles. The van der Waals surface area contributed by atoms with Gasteiger partial charge in [0.25, 0.3) is 0 Å².